The largest absolute Gasteiger partial charge is 0.358 e. The van der Waals surface area contributed by atoms with Gasteiger partial charge < -0.3 is 5.32 Å². The first-order valence-electron chi connectivity index (χ1n) is 8.46. The van der Waals surface area contributed by atoms with Crippen LogP contribution in [0.15, 0.2) is 64.4 Å². The van der Waals surface area contributed by atoms with Crippen molar-refractivity contribution in [1.29, 1.82) is 0 Å². The maximum Gasteiger partial charge on any atom is 0.330 e. The first-order valence-corrected chi connectivity index (χ1v) is 8.46. The van der Waals surface area contributed by atoms with E-state index in [2.05, 4.69) is 32.3 Å². The third-order valence-corrected chi connectivity index (χ3v) is 4.46. The van der Waals surface area contributed by atoms with Crippen LogP contribution in [0.4, 0.5) is 5.82 Å². The number of rotatable bonds is 4. The minimum absolute atomic E-state index is 0.335. The minimum Gasteiger partial charge on any atom is -0.358 e. The number of pyridine rings is 1. The number of benzene rings is 1. The molecule has 1 aliphatic rings. The fraction of sp³-hybridized carbons (Fsp3) is 0.211. The number of fused-ring (bicyclic) bond motifs is 1. The Morgan fingerprint density at radius 2 is 1.81 bits per heavy atom. The Hall–Kier alpha value is -3.19. The summed E-state index contributed by atoms with van der Waals surface area (Å²) in [5.74, 6) is 0.590. The molecule has 0 amide bonds. The van der Waals surface area contributed by atoms with E-state index in [0.717, 1.165) is 12.1 Å². The molecular formula is C19H19N5O2. The molecule has 0 saturated carbocycles. The zero-order chi connectivity index (χ0) is 17.9. The van der Waals surface area contributed by atoms with E-state index in [0.29, 0.717) is 31.1 Å². The molecule has 0 fully saturated rings. The van der Waals surface area contributed by atoms with E-state index in [1.807, 2.05) is 30.3 Å². The molecular weight excluding hydrogens is 330 g/mol. The Bertz CT molecular complexity index is 1010. The molecule has 2 aromatic heterocycles. The highest BCUT2D eigenvalue weighted by Crippen LogP contribution is 2.19. The Kier molecular flexibility index (Phi) is 4.37. The van der Waals surface area contributed by atoms with Crippen LogP contribution >= 0.6 is 0 Å². The fourth-order valence-corrected chi connectivity index (χ4v) is 3.21. The lowest BCUT2D eigenvalue weighted by atomic mass is 10.1. The molecule has 4 rings (SSSR count). The van der Waals surface area contributed by atoms with Crippen LogP contribution in [-0.2, 0) is 19.6 Å². The SMILES string of the molecule is O=c1[nH]c(=O)n(Cc2cccnc2)c2c1CN(Cc1ccccc1)CN2. The Balaban J connectivity index is 1.64. The van der Waals surface area contributed by atoms with Crippen molar-refractivity contribution in [2.45, 2.75) is 19.6 Å². The van der Waals surface area contributed by atoms with E-state index in [1.165, 1.54) is 5.56 Å². The van der Waals surface area contributed by atoms with Gasteiger partial charge in [0.25, 0.3) is 5.56 Å². The van der Waals surface area contributed by atoms with Gasteiger partial charge in [0.05, 0.1) is 18.8 Å². The lowest BCUT2D eigenvalue weighted by Gasteiger charge is -2.30. The molecule has 3 aromatic rings. The Morgan fingerprint density at radius 3 is 2.58 bits per heavy atom. The van der Waals surface area contributed by atoms with Crippen molar-refractivity contribution in [1.82, 2.24) is 19.4 Å². The molecule has 2 N–H and O–H groups in total. The van der Waals surface area contributed by atoms with Gasteiger partial charge in [-0.2, -0.15) is 0 Å². The quantitative estimate of drug-likeness (QED) is 0.743. The molecule has 132 valence electrons. The lowest BCUT2D eigenvalue weighted by molar-refractivity contribution is 0.262. The van der Waals surface area contributed by atoms with Crippen molar-refractivity contribution in [2.75, 3.05) is 12.0 Å². The van der Waals surface area contributed by atoms with Gasteiger partial charge in [-0.15, -0.1) is 0 Å². The standard InChI is InChI=1S/C19H19N5O2/c25-18-16-12-23(10-14-5-2-1-3-6-14)13-21-17(16)24(19(26)22-18)11-15-7-4-8-20-9-15/h1-9,21H,10-13H2,(H,22,25,26). The average molecular weight is 349 g/mol. The summed E-state index contributed by atoms with van der Waals surface area (Å²) in [5.41, 5.74) is 1.91. The normalized spacial score (nSPS) is 13.8. The molecule has 0 spiro atoms. The summed E-state index contributed by atoms with van der Waals surface area (Å²) >= 11 is 0. The zero-order valence-electron chi connectivity index (χ0n) is 14.2. The molecule has 7 nitrogen and oxygen atoms in total. The third-order valence-electron chi connectivity index (χ3n) is 4.46. The van der Waals surface area contributed by atoms with E-state index in [1.54, 1.807) is 17.0 Å². The molecule has 1 aliphatic heterocycles. The smallest absolute Gasteiger partial charge is 0.330 e. The number of anilines is 1. The number of aromatic amines is 1. The van der Waals surface area contributed by atoms with Crippen molar-refractivity contribution in [3.8, 4) is 0 Å². The average Bonchev–Trinajstić information content (AvgIpc) is 2.67. The van der Waals surface area contributed by atoms with Gasteiger partial charge in [0.15, 0.2) is 0 Å². The topological polar surface area (TPSA) is 83.0 Å². The van der Waals surface area contributed by atoms with Crippen molar-refractivity contribution in [3.63, 3.8) is 0 Å². The molecule has 0 unspecified atom stereocenters. The number of nitrogens with one attached hydrogen (secondary N) is 2. The lowest BCUT2D eigenvalue weighted by Crippen LogP contribution is -2.43. The second-order valence-electron chi connectivity index (χ2n) is 6.34. The van der Waals surface area contributed by atoms with Crippen molar-refractivity contribution < 1.29 is 0 Å². The van der Waals surface area contributed by atoms with Gasteiger partial charge in [-0.25, -0.2) is 4.79 Å². The molecule has 1 aromatic carbocycles. The van der Waals surface area contributed by atoms with Crippen LogP contribution in [0.5, 0.6) is 0 Å². The van der Waals surface area contributed by atoms with E-state index < -0.39 is 5.69 Å². The van der Waals surface area contributed by atoms with E-state index in [-0.39, 0.29) is 5.56 Å². The van der Waals surface area contributed by atoms with E-state index in [9.17, 15) is 9.59 Å². The second kappa shape index (κ2) is 6.97. The molecule has 26 heavy (non-hydrogen) atoms. The summed E-state index contributed by atoms with van der Waals surface area (Å²) in [6, 6.07) is 13.8. The van der Waals surface area contributed by atoms with Gasteiger partial charge in [0.1, 0.15) is 5.82 Å². The number of nitrogens with zero attached hydrogens (tertiary/aromatic N) is 3. The monoisotopic (exact) mass is 349 g/mol. The van der Waals surface area contributed by atoms with Crippen LogP contribution in [-0.4, -0.2) is 26.1 Å². The van der Waals surface area contributed by atoms with Gasteiger partial charge in [-0.1, -0.05) is 36.4 Å². The van der Waals surface area contributed by atoms with Crippen LogP contribution in [0, 0.1) is 0 Å². The van der Waals surface area contributed by atoms with Crippen LogP contribution in [0.2, 0.25) is 0 Å². The van der Waals surface area contributed by atoms with Gasteiger partial charge in [0, 0.05) is 25.5 Å². The summed E-state index contributed by atoms with van der Waals surface area (Å²) in [5, 5.41) is 3.25. The van der Waals surface area contributed by atoms with Gasteiger partial charge in [0.2, 0.25) is 0 Å². The zero-order valence-corrected chi connectivity index (χ0v) is 14.2. The first kappa shape index (κ1) is 16.3. The van der Waals surface area contributed by atoms with Crippen LogP contribution in [0.25, 0.3) is 0 Å². The van der Waals surface area contributed by atoms with Gasteiger partial charge in [-0.3, -0.25) is 24.2 Å². The summed E-state index contributed by atoms with van der Waals surface area (Å²) in [4.78, 5) is 33.3. The van der Waals surface area contributed by atoms with Crippen LogP contribution in [0.1, 0.15) is 16.7 Å². The summed E-state index contributed by atoms with van der Waals surface area (Å²) in [7, 11) is 0. The molecule has 0 aliphatic carbocycles. The highest BCUT2D eigenvalue weighted by Gasteiger charge is 2.22. The summed E-state index contributed by atoms with van der Waals surface area (Å²) in [6.07, 6.45) is 3.41. The molecule has 0 radical (unpaired) electrons. The molecule has 0 saturated heterocycles. The van der Waals surface area contributed by atoms with Gasteiger partial charge in [-0.05, 0) is 17.2 Å². The maximum absolute atomic E-state index is 12.3. The number of H-pyrrole nitrogens is 1. The second-order valence-corrected chi connectivity index (χ2v) is 6.34. The third kappa shape index (κ3) is 3.29. The predicted octanol–water partition coefficient (Wildman–Crippen LogP) is 1.37. The Labute approximate surface area is 150 Å². The molecule has 0 atom stereocenters. The molecule has 0 bridgehead atoms. The maximum atomic E-state index is 12.3. The number of aromatic nitrogens is 3. The number of hydrogen-bond donors (Lipinski definition) is 2. The predicted molar refractivity (Wildman–Crippen MR) is 98.8 cm³/mol. The van der Waals surface area contributed by atoms with E-state index >= 15 is 0 Å². The van der Waals surface area contributed by atoms with Crippen LogP contribution in [0.3, 0.4) is 0 Å². The highest BCUT2D eigenvalue weighted by molar-refractivity contribution is 5.46. The van der Waals surface area contributed by atoms with Crippen molar-refractivity contribution in [2.24, 2.45) is 0 Å². The molecule has 7 heteroatoms. The summed E-state index contributed by atoms with van der Waals surface area (Å²) < 4.78 is 1.56. The van der Waals surface area contributed by atoms with E-state index in [4.69, 9.17) is 0 Å². The Morgan fingerprint density at radius 1 is 1.00 bits per heavy atom. The van der Waals surface area contributed by atoms with Crippen molar-refractivity contribution in [3.05, 3.63) is 92.4 Å². The van der Waals surface area contributed by atoms with Gasteiger partial charge >= 0.3 is 5.69 Å². The first-order chi connectivity index (χ1) is 12.7. The minimum atomic E-state index is -0.415. The fourth-order valence-electron chi connectivity index (χ4n) is 3.21. The number of hydrogen-bond acceptors (Lipinski definition) is 5. The highest BCUT2D eigenvalue weighted by atomic mass is 16.2. The van der Waals surface area contributed by atoms with Crippen molar-refractivity contribution >= 4 is 5.82 Å². The summed E-state index contributed by atoms with van der Waals surface area (Å²) in [6.45, 7) is 2.14. The van der Waals surface area contributed by atoms with Crippen LogP contribution < -0.4 is 16.6 Å². The molecule has 3 heterocycles.